The molecule has 3 aromatic carbocycles. The first-order valence-corrected chi connectivity index (χ1v) is 13.3. The molecule has 0 atom stereocenters. The van der Waals surface area contributed by atoms with Crippen molar-refractivity contribution in [2.45, 2.75) is 27.7 Å². The smallest absolute Gasteiger partial charge is 0.140 e. The summed E-state index contributed by atoms with van der Waals surface area (Å²) in [6.45, 7) is 12.5. The predicted molar refractivity (Wildman–Crippen MR) is 159 cm³/mol. The van der Waals surface area contributed by atoms with Gasteiger partial charge in [-0.05, 0) is 58.0 Å². The number of aromatic nitrogens is 2. The van der Waals surface area contributed by atoms with Crippen LogP contribution in [0.3, 0.4) is 0 Å². The van der Waals surface area contributed by atoms with Gasteiger partial charge in [0.25, 0.3) is 0 Å². The van der Waals surface area contributed by atoms with E-state index in [-0.39, 0.29) is 16.2 Å². The minimum atomic E-state index is -0.112. The summed E-state index contributed by atoms with van der Waals surface area (Å²) in [7, 11) is 8.04. The Labute approximate surface area is 226 Å². The van der Waals surface area contributed by atoms with Crippen LogP contribution in [-0.2, 0) is 7.05 Å². The number of rotatable bonds is 9. The van der Waals surface area contributed by atoms with Gasteiger partial charge < -0.3 is 19.5 Å². The van der Waals surface area contributed by atoms with E-state index in [0.717, 1.165) is 60.1 Å². The molecule has 5 nitrogen and oxygen atoms in total. The molecule has 0 unspecified atom stereocenters. The van der Waals surface area contributed by atoms with E-state index in [1.54, 1.807) is 12.1 Å². The second-order valence-corrected chi connectivity index (χ2v) is 9.43. The van der Waals surface area contributed by atoms with E-state index >= 15 is 0 Å². The van der Waals surface area contributed by atoms with Crippen LogP contribution in [0, 0.1) is 0 Å². The highest BCUT2D eigenvalue weighted by molar-refractivity contribution is 6.39. The van der Waals surface area contributed by atoms with Gasteiger partial charge in [0.15, 0.2) is 0 Å². The highest BCUT2D eigenvalue weighted by Gasteiger charge is 2.21. The Morgan fingerprint density at radius 3 is 1.73 bits per heavy atom. The van der Waals surface area contributed by atoms with Gasteiger partial charge in [0.2, 0.25) is 0 Å². The molecular formula is C30H34BClN4O. The van der Waals surface area contributed by atoms with Crippen LogP contribution in [0.2, 0.25) is 5.02 Å². The minimum Gasteiger partial charge on any atom is -0.507 e. The van der Waals surface area contributed by atoms with E-state index in [9.17, 15) is 5.11 Å². The lowest BCUT2D eigenvalue weighted by molar-refractivity contribution is 0.480. The maximum Gasteiger partial charge on any atom is 0.140 e. The molecule has 190 valence electrons. The summed E-state index contributed by atoms with van der Waals surface area (Å²) in [6, 6.07) is 20.6. The van der Waals surface area contributed by atoms with Crippen molar-refractivity contribution in [3.05, 3.63) is 65.7 Å². The molecule has 2 radical (unpaired) electrons. The number of anilines is 2. The molecule has 0 aliphatic heterocycles. The number of phenolic OH excluding ortho intramolecular Hbond substituents is 1. The summed E-state index contributed by atoms with van der Waals surface area (Å²) in [6.07, 6.45) is 0. The molecule has 1 aromatic heterocycles. The van der Waals surface area contributed by atoms with Crippen LogP contribution in [0.1, 0.15) is 27.7 Å². The number of hydrogen-bond acceptors (Lipinski definition) is 4. The Morgan fingerprint density at radius 2 is 1.27 bits per heavy atom. The van der Waals surface area contributed by atoms with Crippen molar-refractivity contribution >= 4 is 36.3 Å². The molecular weight excluding hydrogens is 479 g/mol. The summed E-state index contributed by atoms with van der Waals surface area (Å²) in [5.41, 5.74) is 7.32. The van der Waals surface area contributed by atoms with Crippen LogP contribution in [0.5, 0.6) is 5.75 Å². The van der Waals surface area contributed by atoms with E-state index in [1.165, 1.54) is 11.4 Å². The molecule has 0 bridgehead atoms. The highest BCUT2D eigenvalue weighted by atomic mass is 35.5. The lowest BCUT2D eigenvalue weighted by Gasteiger charge is -2.21. The van der Waals surface area contributed by atoms with Crippen molar-refractivity contribution in [2.24, 2.45) is 7.05 Å². The molecule has 37 heavy (non-hydrogen) atoms. The zero-order chi connectivity index (χ0) is 26.7. The monoisotopic (exact) mass is 512 g/mol. The topological polar surface area (TPSA) is 44.5 Å². The Kier molecular flexibility index (Phi) is 8.18. The van der Waals surface area contributed by atoms with E-state index < -0.39 is 0 Å². The molecule has 1 N–H and O–H groups in total. The summed E-state index contributed by atoms with van der Waals surface area (Å²) in [5.74, 6) is 0.610. The van der Waals surface area contributed by atoms with Crippen molar-refractivity contribution in [2.75, 3.05) is 36.0 Å². The molecule has 1 heterocycles. The van der Waals surface area contributed by atoms with Crippen LogP contribution in [0.15, 0.2) is 60.7 Å². The van der Waals surface area contributed by atoms with Crippen molar-refractivity contribution in [1.82, 2.24) is 9.55 Å². The average molecular weight is 513 g/mol. The number of aromatic hydroxyl groups is 1. The van der Waals surface area contributed by atoms with Gasteiger partial charge in [0.1, 0.15) is 19.4 Å². The van der Waals surface area contributed by atoms with Crippen LogP contribution in [0.25, 0.3) is 33.9 Å². The second kappa shape index (κ2) is 11.3. The van der Waals surface area contributed by atoms with Crippen LogP contribution < -0.4 is 15.3 Å². The third kappa shape index (κ3) is 5.21. The van der Waals surface area contributed by atoms with E-state index in [1.807, 2.05) is 7.05 Å². The van der Waals surface area contributed by atoms with Gasteiger partial charge >= 0.3 is 0 Å². The Balaban J connectivity index is 1.88. The molecule has 0 spiro atoms. The zero-order valence-electron chi connectivity index (χ0n) is 22.3. The fourth-order valence-corrected chi connectivity index (χ4v) is 5.10. The molecule has 4 aromatic rings. The van der Waals surface area contributed by atoms with E-state index in [0.29, 0.717) is 0 Å². The molecule has 0 aliphatic carbocycles. The van der Waals surface area contributed by atoms with Gasteiger partial charge in [-0.15, -0.1) is 0 Å². The van der Waals surface area contributed by atoms with Gasteiger partial charge in [0, 0.05) is 61.3 Å². The maximum absolute atomic E-state index is 10.1. The summed E-state index contributed by atoms with van der Waals surface area (Å²) < 4.78 is 2.07. The second-order valence-electron chi connectivity index (χ2n) is 9.03. The van der Waals surface area contributed by atoms with Crippen molar-refractivity contribution in [3.8, 4) is 39.7 Å². The van der Waals surface area contributed by atoms with Gasteiger partial charge in [-0.3, -0.25) is 0 Å². The maximum atomic E-state index is 10.1. The number of halogens is 1. The van der Waals surface area contributed by atoms with E-state index in [2.05, 4.69) is 90.6 Å². The number of hydrogen-bond donors (Lipinski definition) is 1. The fourth-order valence-electron chi connectivity index (χ4n) is 4.88. The molecule has 4 rings (SSSR count). The van der Waals surface area contributed by atoms with Gasteiger partial charge in [-0.2, -0.15) is 0 Å². The SMILES string of the molecule is [B]c1cc(-c2nc(-c3ccc(N(CC)CC)cc3)c(-c3ccc(N(CC)CC)cc3)n2C)cc(Cl)c1O. The molecule has 0 saturated carbocycles. The largest absolute Gasteiger partial charge is 0.507 e. The Bertz CT molecular complexity index is 1330. The summed E-state index contributed by atoms with van der Waals surface area (Å²) in [4.78, 5) is 9.73. The highest BCUT2D eigenvalue weighted by Crippen LogP contribution is 2.38. The number of benzene rings is 3. The summed E-state index contributed by atoms with van der Waals surface area (Å²) in [5, 5.41) is 10.3. The van der Waals surface area contributed by atoms with Crippen LogP contribution >= 0.6 is 11.6 Å². The Hall–Kier alpha value is -3.38. The molecule has 0 amide bonds. The van der Waals surface area contributed by atoms with Crippen LogP contribution in [0.4, 0.5) is 11.4 Å². The lowest BCUT2D eigenvalue weighted by Crippen LogP contribution is -2.21. The normalized spacial score (nSPS) is 11.1. The number of nitrogens with zero attached hydrogens (tertiary/aromatic N) is 4. The van der Waals surface area contributed by atoms with Crippen molar-refractivity contribution in [3.63, 3.8) is 0 Å². The van der Waals surface area contributed by atoms with Gasteiger partial charge in [-0.25, -0.2) is 4.98 Å². The zero-order valence-corrected chi connectivity index (χ0v) is 23.0. The minimum absolute atomic E-state index is 0.112. The standard InChI is InChI=1S/C30H34BClN4O/c1-6-35(7-2)23-14-10-20(11-15-23)27-28(21-12-16-24(17-13-21)36(8-3)9-4)34(5)30(33-27)22-18-25(31)29(37)26(32)19-22/h10-19,37H,6-9H2,1-5H3. The van der Waals surface area contributed by atoms with Crippen molar-refractivity contribution < 1.29 is 5.11 Å². The molecule has 0 fully saturated rings. The Morgan fingerprint density at radius 1 is 0.784 bits per heavy atom. The number of imidazole rings is 1. The molecule has 0 saturated heterocycles. The van der Waals surface area contributed by atoms with Gasteiger partial charge in [0.05, 0.1) is 16.4 Å². The quantitative estimate of drug-likeness (QED) is 0.269. The lowest BCUT2D eigenvalue weighted by atomic mass is 9.93. The third-order valence-electron chi connectivity index (χ3n) is 6.98. The average Bonchev–Trinajstić information content (AvgIpc) is 3.26. The van der Waals surface area contributed by atoms with E-state index in [4.69, 9.17) is 24.4 Å². The predicted octanol–water partition coefficient (Wildman–Crippen LogP) is 6.27. The first kappa shape index (κ1) is 26.7. The van der Waals surface area contributed by atoms with Gasteiger partial charge in [-0.1, -0.05) is 47.4 Å². The first-order chi connectivity index (χ1) is 17.8. The fraction of sp³-hybridized carbons (Fsp3) is 0.300. The number of phenols is 1. The molecule has 0 aliphatic rings. The van der Waals surface area contributed by atoms with Crippen molar-refractivity contribution in [1.29, 1.82) is 0 Å². The van der Waals surface area contributed by atoms with Crippen LogP contribution in [-0.4, -0.2) is 48.7 Å². The summed E-state index contributed by atoms with van der Waals surface area (Å²) >= 11 is 6.27. The molecule has 7 heteroatoms. The third-order valence-corrected chi connectivity index (χ3v) is 7.27. The first-order valence-electron chi connectivity index (χ1n) is 12.9.